The minimum Gasteiger partial charge on any atom is -0.326 e. The molecule has 0 saturated carbocycles. The van der Waals surface area contributed by atoms with Crippen LogP contribution < -0.4 is 5.49 Å². The number of rotatable bonds is 3. The fourth-order valence-electron chi connectivity index (χ4n) is 1.89. The molecule has 0 aliphatic carbocycles. The first-order valence-corrected chi connectivity index (χ1v) is 6.90. The van der Waals surface area contributed by atoms with Crippen LogP contribution >= 0.6 is 11.6 Å². The van der Waals surface area contributed by atoms with Gasteiger partial charge in [0.2, 0.25) is 0 Å². The summed E-state index contributed by atoms with van der Waals surface area (Å²) in [7, 11) is 0. The van der Waals surface area contributed by atoms with Crippen LogP contribution in [0.15, 0.2) is 47.7 Å². The van der Waals surface area contributed by atoms with Crippen molar-refractivity contribution in [2.75, 3.05) is 0 Å². The first kappa shape index (κ1) is 16.8. The van der Waals surface area contributed by atoms with Crippen LogP contribution in [-0.2, 0) is 4.79 Å². The summed E-state index contributed by atoms with van der Waals surface area (Å²) in [6.07, 6.45) is 3.14. The number of hydrogen-bond donors (Lipinski definition) is 0. The number of carbonyl (C=O) groups excluding carboxylic acids is 1. The lowest BCUT2D eigenvalue weighted by molar-refractivity contribution is -0.135. The van der Waals surface area contributed by atoms with Crippen molar-refractivity contribution in [2.45, 2.75) is 18.9 Å². The number of pyridine rings is 2. The van der Waals surface area contributed by atoms with Gasteiger partial charge in [-0.1, -0.05) is 23.7 Å². The van der Waals surface area contributed by atoms with E-state index >= 15 is 0 Å². The van der Waals surface area contributed by atoms with Gasteiger partial charge in [0.25, 0.3) is 0 Å². The minimum absolute atomic E-state index is 0.00914. The van der Waals surface area contributed by atoms with Crippen LogP contribution in [0.3, 0.4) is 0 Å². The largest absolute Gasteiger partial charge is 0.410 e. The van der Waals surface area contributed by atoms with Crippen molar-refractivity contribution in [3.8, 4) is 6.07 Å². The van der Waals surface area contributed by atoms with E-state index in [1.807, 2.05) is 0 Å². The molecule has 8 heteroatoms. The summed E-state index contributed by atoms with van der Waals surface area (Å²) in [6, 6.07) is 8.27. The SMILES string of the molecule is CC(c1ccc(Cl)nc1)n1ccccc1=NC(=O)C(F)(F)C#N. The molecule has 2 rings (SSSR count). The lowest BCUT2D eigenvalue weighted by Gasteiger charge is -2.16. The van der Waals surface area contributed by atoms with Crippen LogP contribution in [0.5, 0.6) is 0 Å². The van der Waals surface area contributed by atoms with E-state index in [2.05, 4.69) is 9.98 Å². The number of carbonyl (C=O) groups is 1. The Morgan fingerprint density at radius 3 is 2.78 bits per heavy atom. The van der Waals surface area contributed by atoms with Crippen molar-refractivity contribution in [3.05, 3.63) is 58.9 Å². The lowest BCUT2D eigenvalue weighted by Crippen LogP contribution is -2.30. The highest BCUT2D eigenvalue weighted by Gasteiger charge is 2.38. The summed E-state index contributed by atoms with van der Waals surface area (Å²) < 4.78 is 27.7. The van der Waals surface area contributed by atoms with Crippen LogP contribution in [0.25, 0.3) is 0 Å². The Morgan fingerprint density at radius 2 is 2.17 bits per heavy atom. The van der Waals surface area contributed by atoms with Crippen LogP contribution in [0, 0.1) is 11.3 Å². The molecule has 0 N–H and O–H groups in total. The van der Waals surface area contributed by atoms with E-state index in [1.165, 1.54) is 10.6 Å². The van der Waals surface area contributed by atoms with E-state index in [0.717, 1.165) is 5.56 Å². The van der Waals surface area contributed by atoms with Gasteiger partial charge in [0.05, 0.1) is 6.04 Å². The van der Waals surface area contributed by atoms with Crippen molar-refractivity contribution >= 4 is 17.5 Å². The topological polar surface area (TPSA) is 71.0 Å². The summed E-state index contributed by atoms with van der Waals surface area (Å²) in [4.78, 5) is 18.8. The molecule has 0 aliphatic rings. The summed E-state index contributed by atoms with van der Waals surface area (Å²) >= 11 is 5.73. The molecule has 0 spiro atoms. The van der Waals surface area contributed by atoms with Gasteiger partial charge >= 0.3 is 11.8 Å². The molecule has 23 heavy (non-hydrogen) atoms. The van der Waals surface area contributed by atoms with Crippen molar-refractivity contribution < 1.29 is 13.6 Å². The van der Waals surface area contributed by atoms with Gasteiger partial charge in [0.15, 0.2) is 0 Å². The molecule has 0 radical (unpaired) electrons. The molecular formula is C15H11ClF2N4O. The molecule has 2 aromatic heterocycles. The number of alkyl halides is 2. The average Bonchev–Trinajstić information content (AvgIpc) is 2.55. The van der Waals surface area contributed by atoms with Crippen molar-refractivity contribution in [2.24, 2.45) is 4.99 Å². The molecule has 0 saturated heterocycles. The molecule has 0 bridgehead atoms. The van der Waals surface area contributed by atoms with Gasteiger partial charge in [0, 0.05) is 12.4 Å². The molecule has 5 nitrogen and oxygen atoms in total. The van der Waals surface area contributed by atoms with E-state index in [0.29, 0.717) is 11.2 Å². The number of halogens is 3. The zero-order chi connectivity index (χ0) is 17.0. The maximum Gasteiger partial charge on any atom is 0.410 e. The van der Waals surface area contributed by atoms with E-state index in [4.69, 9.17) is 16.9 Å². The van der Waals surface area contributed by atoms with Gasteiger partial charge in [-0.15, -0.1) is 0 Å². The third-order valence-corrected chi connectivity index (χ3v) is 3.37. The number of nitrogens with zero attached hydrogens (tertiary/aromatic N) is 4. The molecule has 1 unspecified atom stereocenters. The molecule has 2 aromatic rings. The van der Waals surface area contributed by atoms with Crippen molar-refractivity contribution in [1.29, 1.82) is 5.26 Å². The molecule has 0 fully saturated rings. The van der Waals surface area contributed by atoms with Gasteiger partial charge in [-0.25, -0.2) is 4.98 Å². The van der Waals surface area contributed by atoms with E-state index in [9.17, 15) is 13.6 Å². The minimum atomic E-state index is -4.15. The summed E-state index contributed by atoms with van der Waals surface area (Å²) in [5.41, 5.74) is 0.761. The summed E-state index contributed by atoms with van der Waals surface area (Å²) in [5, 5.41) is 8.64. The highest BCUT2D eigenvalue weighted by molar-refractivity contribution is 6.29. The first-order valence-electron chi connectivity index (χ1n) is 6.52. The number of hydrogen-bond acceptors (Lipinski definition) is 3. The highest BCUT2D eigenvalue weighted by atomic mass is 35.5. The summed E-state index contributed by atoms with van der Waals surface area (Å²) in [5.74, 6) is -5.96. The molecule has 118 valence electrons. The number of aromatic nitrogens is 2. The molecule has 0 aliphatic heterocycles. The number of amides is 1. The summed E-state index contributed by atoms with van der Waals surface area (Å²) in [6.45, 7) is 1.79. The molecule has 1 amide bonds. The first-order chi connectivity index (χ1) is 10.8. The van der Waals surface area contributed by atoms with Gasteiger partial charge < -0.3 is 4.57 Å². The second-order valence-electron chi connectivity index (χ2n) is 4.66. The van der Waals surface area contributed by atoms with Crippen LogP contribution in [0.1, 0.15) is 18.5 Å². The maximum absolute atomic E-state index is 13.1. The quantitative estimate of drug-likeness (QED) is 0.809. The van der Waals surface area contributed by atoms with E-state index in [1.54, 1.807) is 43.6 Å². The average molecular weight is 337 g/mol. The van der Waals surface area contributed by atoms with E-state index < -0.39 is 11.8 Å². The van der Waals surface area contributed by atoms with Gasteiger partial charge in [0.1, 0.15) is 16.7 Å². The normalized spacial score (nSPS) is 13.4. The Labute approximate surface area is 135 Å². The lowest BCUT2D eigenvalue weighted by atomic mass is 10.1. The third kappa shape index (κ3) is 3.79. The van der Waals surface area contributed by atoms with Crippen LogP contribution in [0.4, 0.5) is 8.78 Å². The highest BCUT2D eigenvalue weighted by Crippen LogP contribution is 2.17. The standard InChI is InChI=1S/C15H11ClF2N4O/c1-10(11-5-6-12(16)20-8-11)22-7-3-2-4-13(22)21-14(23)15(17,18)9-19/h2-8,10H,1H3. The van der Waals surface area contributed by atoms with Crippen molar-refractivity contribution in [1.82, 2.24) is 9.55 Å². The molecular weight excluding hydrogens is 326 g/mol. The zero-order valence-electron chi connectivity index (χ0n) is 11.9. The fourth-order valence-corrected chi connectivity index (χ4v) is 2.00. The van der Waals surface area contributed by atoms with Crippen molar-refractivity contribution in [3.63, 3.8) is 0 Å². The molecule has 0 aromatic carbocycles. The van der Waals surface area contributed by atoms with E-state index in [-0.39, 0.29) is 11.5 Å². The maximum atomic E-state index is 13.1. The third-order valence-electron chi connectivity index (χ3n) is 3.14. The molecule has 2 heterocycles. The fraction of sp³-hybridized carbons (Fsp3) is 0.200. The predicted octanol–water partition coefficient (Wildman–Crippen LogP) is 2.73. The molecule has 1 atom stereocenters. The number of nitriles is 1. The Balaban J connectivity index is 2.48. The second-order valence-corrected chi connectivity index (χ2v) is 5.05. The Kier molecular flexibility index (Phi) is 4.86. The van der Waals surface area contributed by atoms with Crippen LogP contribution in [-0.4, -0.2) is 21.4 Å². The van der Waals surface area contributed by atoms with Crippen LogP contribution in [0.2, 0.25) is 5.15 Å². The Bertz CT molecular complexity index is 824. The predicted molar refractivity (Wildman–Crippen MR) is 78.6 cm³/mol. The van der Waals surface area contributed by atoms with Gasteiger partial charge in [-0.05, 0) is 30.7 Å². The monoisotopic (exact) mass is 336 g/mol. The van der Waals surface area contributed by atoms with Gasteiger partial charge in [-0.2, -0.15) is 19.0 Å². The Morgan fingerprint density at radius 1 is 1.43 bits per heavy atom. The second kappa shape index (κ2) is 6.67. The van der Waals surface area contributed by atoms with Gasteiger partial charge in [-0.3, -0.25) is 4.79 Å². The smallest absolute Gasteiger partial charge is 0.326 e. The Hall–Kier alpha value is -2.59. The zero-order valence-corrected chi connectivity index (χ0v) is 12.7.